The standard InChI is InChI=1S/C21H22F3N3O3/c1-30-15-9-10-17(16(12-15)21(22,23)24)25-20(29)26-18(14-6-3-2-4-7-14)13-27-11-5-8-19(27)28/h2-4,6-7,9-10,12,18H,5,8,11,13H2,1H3,(H2,25,26,29)/t18-/m1/s1. The highest BCUT2D eigenvalue weighted by atomic mass is 19.4. The van der Waals surface area contributed by atoms with Gasteiger partial charge in [-0.05, 0) is 30.2 Å². The fraction of sp³-hybridized carbons (Fsp3) is 0.333. The number of halogens is 3. The Hall–Kier alpha value is -3.23. The van der Waals surface area contributed by atoms with Gasteiger partial charge in [-0.15, -0.1) is 0 Å². The number of ether oxygens (including phenoxy) is 1. The first-order chi connectivity index (χ1) is 14.3. The normalized spacial score (nSPS) is 15.1. The largest absolute Gasteiger partial charge is 0.497 e. The zero-order valence-electron chi connectivity index (χ0n) is 16.3. The average Bonchev–Trinajstić information content (AvgIpc) is 3.12. The maximum absolute atomic E-state index is 13.4. The van der Waals surface area contributed by atoms with Crippen LogP contribution in [0.5, 0.6) is 5.75 Å². The molecule has 3 rings (SSSR count). The lowest BCUT2D eigenvalue weighted by Crippen LogP contribution is -2.40. The van der Waals surface area contributed by atoms with Gasteiger partial charge in [0.05, 0.1) is 24.4 Å². The molecule has 1 fully saturated rings. The van der Waals surface area contributed by atoms with Gasteiger partial charge in [-0.2, -0.15) is 13.2 Å². The summed E-state index contributed by atoms with van der Waals surface area (Å²) >= 11 is 0. The lowest BCUT2D eigenvalue weighted by Gasteiger charge is -2.25. The molecular formula is C21H22F3N3O3. The van der Waals surface area contributed by atoms with E-state index in [-0.39, 0.29) is 23.9 Å². The molecule has 0 aromatic heterocycles. The second-order valence-electron chi connectivity index (χ2n) is 6.91. The van der Waals surface area contributed by atoms with Crippen molar-refractivity contribution >= 4 is 17.6 Å². The lowest BCUT2D eigenvalue weighted by molar-refractivity contribution is -0.137. The van der Waals surface area contributed by atoms with Gasteiger partial charge >= 0.3 is 12.2 Å². The molecule has 1 aliphatic heterocycles. The highest BCUT2D eigenvalue weighted by molar-refractivity contribution is 5.90. The molecule has 0 radical (unpaired) electrons. The molecule has 6 nitrogen and oxygen atoms in total. The molecule has 2 aromatic rings. The minimum Gasteiger partial charge on any atom is -0.497 e. The van der Waals surface area contributed by atoms with Crippen molar-refractivity contribution in [2.24, 2.45) is 0 Å². The average molecular weight is 421 g/mol. The van der Waals surface area contributed by atoms with Crippen molar-refractivity contribution in [1.29, 1.82) is 0 Å². The predicted molar refractivity (Wildman–Crippen MR) is 105 cm³/mol. The molecule has 30 heavy (non-hydrogen) atoms. The molecule has 0 unspecified atom stereocenters. The minimum absolute atomic E-state index is 0.00680. The first kappa shape index (κ1) is 21.5. The summed E-state index contributed by atoms with van der Waals surface area (Å²) in [5.41, 5.74) is -0.647. The van der Waals surface area contributed by atoms with E-state index in [1.165, 1.54) is 13.2 Å². The van der Waals surface area contributed by atoms with Gasteiger partial charge in [-0.3, -0.25) is 4.79 Å². The Labute approximate surface area is 172 Å². The van der Waals surface area contributed by atoms with Crippen molar-refractivity contribution in [2.45, 2.75) is 25.1 Å². The topological polar surface area (TPSA) is 70.7 Å². The molecule has 1 saturated heterocycles. The van der Waals surface area contributed by atoms with Gasteiger partial charge in [0.1, 0.15) is 5.75 Å². The molecule has 0 saturated carbocycles. The minimum atomic E-state index is -4.67. The van der Waals surface area contributed by atoms with Crippen LogP contribution < -0.4 is 15.4 Å². The highest BCUT2D eigenvalue weighted by Gasteiger charge is 2.35. The number of anilines is 1. The number of nitrogens with zero attached hydrogens (tertiary/aromatic N) is 1. The van der Waals surface area contributed by atoms with Crippen molar-refractivity contribution < 1.29 is 27.5 Å². The Balaban J connectivity index is 1.78. The fourth-order valence-corrected chi connectivity index (χ4v) is 3.35. The molecule has 2 N–H and O–H groups in total. The van der Waals surface area contributed by atoms with Crippen LogP contribution in [-0.2, 0) is 11.0 Å². The van der Waals surface area contributed by atoms with Crippen LogP contribution in [0.15, 0.2) is 48.5 Å². The van der Waals surface area contributed by atoms with Crippen LogP contribution in [0.2, 0.25) is 0 Å². The second kappa shape index (κ2) is 9.06. The lowest BCUT2D eigenvalue weighted by atomic mass is 10.1. The number of carbonyl (C=O) groups is 2. The third-order valence-electron chi connectivity index (χ3n) is 4.86. The van der Waals surface area contributed by atoms with Crippen molar-refractivity contribution in [1.82, 2.24) is 10.2 Å². The van der Waals surface area contributed by atoms with Crippen LogP contribution in [-0.4, -0.2) is 37.0 Å². The molecule has 2 aromatic carbocycles. The van der Waals surface area contributed by atoms with E-state index in [1.807, 2.05) is 6.07 Å². The van der Waals surface area contributed by atoms with Crippen LogP contribution in [0.4, 0.5) is 23.7 Å². The van der Waals surface area contributed by atoms with E-state index in [0.29, 0.717) is 13.0 Å². The van der Waals surface area contributed by atoms with E-state index in [2.05, 4.69) is 10.6 Å². The van der Waals surface area contributed by atoms with Gasteiger partial charge < -0.3 is 20.3 Å². The first-order valence-corrected chi connectivity index (χ1v) is 9.43. The number of rotatable bonds is 6. The summed E-state index contributed by atoms with van der Waals surface area (Å²) in [6.45, 7) is 0.827. The molecular weight excluding hydrogens is 399 g/mol. The Kier molecular flexibility index (Phi) is 6.49. The maximum atomic E-state index is 13.4. The molecule has 3 amide bonds. The van der Waals surface area contributed by atoms with Crippen molar-refractivity contribution in [3.05, 3.63) is 59.7 Å². The number of likely N-dealkylation sites (tertiary alicyclic amines) is 1. The van der Waals surface area contributed by atoms with E-state index in [0.717, 1.165) is 24.1 Å². The number of nitrogens with one attached hydrogen (secondary N) is 2. The number of hydrogen-bond donors (Lipinski definition) is 2. The molecule has 1 heterocycles. The van der Waals surface area contributed by atoms with Gasteiger partial charge in [0.25, 0.3) is 0 Å². The molecule has 0 aliphatic carbocycles. The quantitative estimate of drug-likeness (QED) is 0.735. The number of hydrogen-bond acceptors (Lipinski definition) is 3. The smallest absolute Gasteiger partial charge is 0.418 e. The third kappa shape index (κ3) is 5.22. The van der Waals surface area contributed by atoms with E-state index < -0.39 is 23.8 Å². The van der Waals surface area contributed by atoms with Crippen LogP contribution in [0.1, 0.15) is 30.0 Å². The number of amides is 3. The number of methoxy groups -OCH3 is 1. The summed E-state index contributed by atoms with van der Waals surface area (Å²) in [5, 5.41) is 4.97. The molecule has 1 aliphatic rings. The van der Waals surface area contributed by atoms with Crippen molar-refractivity contribution in [3.8, 4) is 5.75 Å². The van der Waals surface area contributed by atoms with Gasteiger partial charge in [0.2, 0.25) is 5.91 Å². The summed E-state index contributed by atoms with van der Waals surface area (Å²) in [6.07, 6.45) is -3.47. The molecule has 1 atom stereocenters. The number of benzene rings is 2. The number of carbonyl (C=O) groups excluding carboxylic acids is 2. The van der Waals surface area contributed by atoms with Gasteiger partial charge in [0, 0.05) is 19.5 Å². The Morgan fingerprint density at radius 1 is 1.20 bits per heavy atom. The molecule has 160 valence electrons. The summed E-state index contributed by atoms with van der Waals surface area (Å²) in [7, 11) is 1.26. The Bertz CT molecular complexity index is 903. The van der Waals surface area contributed by atoms with Crippen LogP contribution in [0.25, 0.3) is 0 Å². The van der Waals surface area contributed by atoms with Crippen molar-refractivity contribution in [2.75, 3.05) is 25.5 Å². The molecule has 0 spiro atoms. The SMILES string of the molecule is COc1ccc(NC(=O)N[C@H](CN2CCCC2=O)c2ccccc2)c(C(F)(F)F)c1. The summed E-state index contributed by atoms with van der Waals surface area (Å²) in [4.78, 5) is 26.2. The molecule has 9 heteroatoms. The second-order valence-corrected chi connectivity index (χ2v) is 6.91. The number of alkyl halides is 3. The van der Waals surface area contributed by atoms with E-state index in [4.69, 9.17) is 4.74 Å². The monoisotopic (exact) mass is 421 g/mol. The zero-order chi connectivity index (χ0) is 21.7. The Morgan fingerprint density at radius 2 is 1.93 bits per heavy atom. The maximum Gasteiger partial charge on any atom is 0.418 e. The number of urea groups is 1. The Morgan fingerprint density at radius 3 is 2.53 bits per heavy atom. The fourth-order valence-electron chi connectivity index (χ4n) is 3.35. The summed E-state index contributed by atoms with van der Waals surface area (Å²) < 4.78 is 45.0. The zero-order valence-corrected chi connectivity index (χ0v) is 16.3. The van der Waals surface area contributed by atoms with Gasteiger partial charge in [-0.25, -0.2) is 4.79 Å². The van der Waals surface area contributed by atoms with Gasteiger partial charge in [-0.1, -0.05) is 30.3 Å². The van der Waals surface area contributed by atoms with E-state index >= 15 is 0 Å². The van der Waals surface area contributed by atoms with Gasteiger partial charge in [0.15, 0.2) is 0 Å². The highest BCUT2D eigenvalue weighted by Crippen LogP contribution is 2.37. The van der Waals surface area contributed by atoms with Crippen LogP contribution in [0, 0.1) is 0 Å². The first-order valence-electron chi connectivity index (χ1n) is 9.43. The molecule has 0 bridgehead atoms. The van der Waals surface area contributed by atoms with E-state index in [9.17, 15) is 22.8 Å². The van der Waals surface area contributed by atoms with Crippen molar-refractivity contribution in [3.63, 3.8) is 0 Å². The van der Waals surface area contributed by atoms with E-state index in [1.54, 1.807) is 29.2 Å². The summed E-state index contributed by atoms with van der Waals surface area (Å²) in [6, 6.07) is 10.9. The predicted octanol–water partition coefficient (Wildman–Crippen LogP) is 4.20. The van der Waals surface area contributed by atoms with Crippen LogP contribution >= 0.6 is 0 Å². The third-order valence-corrected chi connectivity index (χ3v) is 4.86. The summed E-state index contributed by atoms with van der Waals surface area (Å²) in [5.74, 6) is 0.0237. The van der Waals surface area contributed by atoms with Crippen LogP contribution in [0.3, 0.4) is 0 Å².